The quantitative estimate of drug-likeness (QED) is 0.550. The number of aromatic nitrogens is 3. The van der Waals surface area contributed by atoms with E-state index in [9.17, 15) is 4.79 Å². The molecule has 0 aliphatic carbocycles. The number of nitrogens with one attached hydrogen (secondary N) is 2. The van der Waals surface area contributed by atoms with Crippen LogP contribution in [0.25, 0.3) is 11.0 Å². The summed E-state index contributed by atoms with van der Waals surface area (Å²) >= 11 is 0. The SMILES string of the molecule is COc1cc(C(=O)N2CCOCC2)ccc1Nc1nc(O[C@H]2CCOC(C)(C)C2)c2cc[nH]c2n1. The molecule has 4 heterocycles. The van der Waals surface area contributed by atoms with Gasteiger partial charge in [0.15, 0.2) is 0 Å². The first-order chi connectivity index (χ1) is 16.9. The number of hydrogen-bond acceptors (Lipinski definition) is 8. The molecular weight excluding hydrogens is 450 g/mol. The van der Waals surface area contributed by atoms with Crippen molar-refractivity contribution < 1.29 is 23.7 Å². The molecule has 1 atom stereocenters. The second kappa shape index (κ2) is 9.71. The summed E-state index contributed by atoms with van der Waals surface area (Å²) in [6.07, 6.45) is 3.39. The van der Waals surface area contributed by atoms with E-state index in [-0.39, 0.29) is 17.6 Å². The van der Waals surface area contributed by atoms with Crippen LogP contribution in [0.15, 0.2) is 30.5 Å². The maximum atomic E-state index is 12.9. The van der Waals surface area contributed by atoms with E-state index >= 15 is 0 Å². The molecule has 10 heteroatoms. The zero-order valence-corrected chi connectivity index (χ0v) is 20.3. The number of amides is 1. The van der Waals surface area contributed by atoms with Crippen LogP contribution in [0.1, 0.15) is 37.0 Å². The van der Waals surface area contributed by atoms with Gasteiger partial charge < -0.3 is 34.1 Å². The predicted octanol–water partition coefficient (Wildman–Crippen LogP) is 3.52. The third-order valence-electron chi connectivity index (χ3n) is 6.30. The molecule has 0 radical (unpaired) electrons. The van der Waals surface area contributed by atoms with Crippen molar-refractivity contribution >= 4 is 28.6 Å². The Morgan fingerprint density at radius 1 is 1.20 bits per heavy atom. The lowest BCUT2D eigenvalue weighted by Gasteiger charge is -2.35. The first-order valence-electron chi connectivity index (χ1n) is 11.9. The lowest BCUT2D eigenvalue weighted by molar-refractivity contribution is -0.0901. The molecule has 0 bridgehead atoms. The van der Waals surface area contributed by atoms with Gasteiger partial charge in [-0.1, -0.05) is 0 Å². The van der Waals surface area contributed by atoms with Crippen LogP contribution in [-0.2, 0) is 9.47 Å². The largest absolute Gasteiger partial charge is 0.495 e. The number of hydrogen-bond donors (Lipinski definition) is 2. The fourth-order valence-corrected chi connectivity index (χ4v) is 4.49. The summed E-state index contributed by atoms with van der Waals surface area (Å²) in [5.74, 6) is 1.36. The van der Waals surface area contributed by atoms with Crippen molar-refractivity contribution in [3.8, 4) is 11.6 Å². The molecule has 186 valence electrons. The van der Waals surface area contributed by atoms with Crippen molar-refractivity contribution in [3.05, 3.63) is 36.0 Å². The number of carbonyl (C=O) groups is 1. The summed E-state index contributed by atoms with van der Waals surface area (Å²) in [7, 11) is 1.57. The number of nitrogens with zero attached hydrogens (tertiary/aromatic N) is 3. The first kappa shape index (κ1) is 23.4. The van der Waals surface area contributed by atoms with E-state index in [0.29, 0.717) is 67.4 Å². The Balaban J connectivity index is 1.38. The van der Waals surface area contributed by atoms with Gasteiger partial charge >= 0.3 is 0 Å². The van der Waals surface area contributed by atoms with Gasteiger partial charge in [-0.05, 0) is 38.1 Å². The monoisotopic (exact) mass is 481 g/mol. The fourth-order valence-electron chi connectivity index (χ4n) is 4.49. The maximum absolute atomic E-state index is 12.9. The fraction of sp³-hybridized carbons (Fsp3) is 0.480. The van der Waals surface area contributed by atoms with Crippen LogP contribution in [0.5, 0.6) is 11.6 Å². The Morgan fingerprint density at radius 2 is 2.03 bits per heavy atom. The first-order valence-corrected chi connectivity index (χ1v) is 11.9. The number of methoxy groups -OCH3 is 1. The molecule has 35 heavy (non-hydrogen) atoms. The second-order valence-electron chi connectivity index (χ2n) is 9.38. The lowest BCUT2D eigenvalue weighted by Crippen LogP contribution is -2.40. The minimum atomic E-state index is -0.234. The molecule has 0 saturated carbocycles. The number of morpholine rings is 1. The van der Waals surface area contributed by atoms with E-state index in [0.717, 1.165) is 18.2 Å². The molecule has 2 aliphatic rings. The van der Waals surface area contributed by atoms with E-state index in [4.69, 9.17) is 18.9 Å². The number of fused-ring (bicyclic) bond motifs is 1. The third kappa shape index (κ3) is 5.18. The summed E-state index contributed by atoms with van der Waals surface area (Å²) in [6, 6.07) is 7.22. The number of carbonyl (C=O) groups excluding carboxylic acids is 1. The maximum Gasteiger partial charge on any atom is 0.254 e. The van der Waals surface area contributed by atoms with Gasteiger partial charge in [-0.3, -0.25) is 4.79 Å². The Morgan fingerprint density at radius 3 is 2.80 bits per heavy atom. The van der Waals surface area contributed by atoms with Crippen molar-refractivity contribution in [1.82, 2.24) is 19.9 Å². The molecule has 1 aromatic carbocycles. The third-order valence-corrected chi connectivity index (χ3v) is 6.30. The van der Waals surface area contributed by atoms with Crippen LogP contribution >= 0.6 is 0 Å². The Kier molecular flexibility index (Phi) is 6.48. The molecule has 2 N–H and O–H groups in total. The summed E-state index contributed by atoms with van der Waals surface area (Å²) in [5.41, 5.74) is 1.64. The van der Waals surface area contributed by atoms with E-state index in [1.165, 1.54) is 0 Å². The molecule has 10 nitrogen and oxygen atoms in total. The van der Waals surface area contributed by atoms with E-state index in [1.54, 1.807) is 30.2 Å². The lowest BCUT2D eigenvalue weighted by atomic mass is 9.96. The molecule has 2 fully saturated rings. The van der Waals surface area contributed by atoms with Gasteiger partial charge in [0.1, 0.15) is 17.5 Å². The van der Waals surface area contributed by atoms with E-state index in [1.807, 2.05) is 12.3 Å². The van der Waals surface area contributed by atoms with Crippen molar-refractivity contribution in [1.29, 1.82) is 0 Å². The number of rotatable bonds is 6. The molecule has 1 amide bonds. The Labute approximate surface area is 203 Å². The predicted molar refractivity (Wildman–Crippen MR) is 131 cm³/mol. The van der Waals surface area contributed by atoms with Crippen LogP contribution in [0, 0.1) is 0 Å². The number of H-pyrrole nitrogens is 1. The van der Waals surface area contributed by atoms with Crippen LogP contribution < -0.4 is 14.8 Å². The molecule has 0 spiro atoms. The summed E-state index contributed by atoms with van der Waals surface area (Å²) < 4.78 is 23.1. The van der Waals surface area contributed by atoms with E-state index < -0.39 is 0 Å². The highest BCUT2D eigenvalue weighted by atomic mass is 16.5. The number of anilines is 2. The summed E-state index contributed by atoms with van der Waals surface area (Å²) in [6.45, 7) is 7.06. The average molecular weight is 482 g/mol. The highest BCUT2D eigenvalue weighted by Crippen LogP contribution is 2.33. The standard InChI is InChI=1S/C25H31N5O5/c1-25(2)15-17(7-11-34-25)35-22-18-6-8-26-21(18)28-24(29-22)27-19-5-4-16(14-20(19)32-3)23(31)30-9-12-33-13-10-30/h4-6,8,14,17H,7,9-13,15H2,1-3H3,(H2,26,27,28,29)/t17-/m0/s1. The van der Waals surface area contributed by atoms with Gasteiger partial charge in [-0.15, -0.1) is 0 Å². The van der Waals surface area contributed by atoms with E-state index in [2.05, 4.69) is 34.1 Å². The zero-order valence-electron chi connectivity index (χ0n) is 20.3. The molecule has 5 rings (SSSR count). The van der Waals surface area contributed by atoms with Crippen LogP contribution in [0.4, 0.5) is 11.6 Å². The van der Waals surface area contributed by atoms with Gasteiger partial charge in [0.05, 0.1) is 43.6 Å². The van der Waals surface area contributed by atoms with Gasteiger partial charge in [0, 0.05) is 37.7 Å². The molecule has 2 aromatic heterocycles. The molecule has 2 aliphatic heterocycles. The summed E-state index contributed by atoms with van der Waals surface area (Å²) in [5, 5.41) is 4.05. The van der Waals surface area contributed by atoms with Gasteiger partial charge in [0.2, 0.25) is 11.8 Å². The van der Waals surface area contributed by atoms with Gasteiger partial charge in [-0.25, -0.2) is 0 Å². The van der Waals surface area contributed by atoms with Crippen molar-refractivity contribution in [2.45, 2.75) is 38.4 Å². The minimum Gasteiger partial charge on any atom is -0.495 e. The molecule has 3 aromatic rings. The highest BCUT2D eigenvalue weighted by molar-refractivity contribution is 5.95. The van der Waals surface area contributed by atoms with Crippen molar-refractivity contribution in [2.24, 2.45) is 0 Å². The molecule has 0 unspecified atom stereocenters. The van der Waals surface area contributed by atoms with Crippen LogP contribution in [0.2, 0.25) is 0 Å². The topological polar surface area (TPSA) is 111 Å². The Hall–Kier alpha value is -3.37. The Bertz CT molecular complexity index is 1200. The highest BCUT2D eigenvalue weighted by Gasteiger charge is 2.31. The average Bonchev–Trinajstić information content (AvgIpc) is 3.33. The normalized spacial score (nSPS) is 20.0. The van der Waals surface area contributed by atoms with Crippen molar-refractivity contribution in [2.75, 3.05) is 45.3 Å². The van der Waals surface area contributed by atoms with Crippen LogP contribution in [0.3, 0.4) is 0 Å². The second-order valence-corrected chi connectivity index (χ2v) is 9.38. The number of ether oxygens (including phenoxy) is 4. The number of aromatic amines is 1. The van der Waals surface area contributed by atoms with Gasteiger partial charge in [0.25, 0.3) is 5.91 Å². The molecular formula is C25H31N5O5. The number of benzene rings is 1. The van der Waals surface area contributed by atoms with Gasteiger partial charge in [-0.2, -0.15) is 9.97 Å². The summed E-state index contributed by atoms with van der Waals surface area (Å²) in [4.78, 5) is 27.1. The smallest absolute Gasteiger partial charge is 0.254 e. The minimum absolute atomic E-state index is 0.000353. The molecule has 2 saturated heterocycles. The zero-order chi connectivity index (χ0) is 24.4. The van der Waals surface area contributed by atoms with Crippen molar-refractivity contribution in [3.63, 3.8) is 0 Å². The van der Waals surface area contributed by atoms with Crippen LogP contribution in [-0.4, -0.2) is 77.5 Å².